The van der Waals surface area contributed by atoms with E-state index in [-0.39, 0.29) is 29.9 Å². The minimum absolute atomic E-state index is 0. The van der Waals surface area contributed by atoms with Gasteiger partial charge in [0, 0.05) is 30.7 Å². The van der Waals surface area contributed by atoms with Crippen molar-refractivity contribution in [2.75, 3.05) is 19.6 Å². The van der Waals surface area contributed by atoms with E-state index in [9.17, 15) is 9.18 Å². The molecule has 0 spiro atoms. The molecule has 2 rings (SSSR count). The molecular formula is C12H15Cl2FN2O. The predicted molar refractivity (Wildman–Crippen MR) is 72.0 cm³/mol. The van der Waals surface area contributed by atoms with Crippen molar-refractivity contribution in [3.63, 3.8) is 0 Å². The van der Waals surface area contributed by atoms with Crippen molar-refractivity contribution < 1.29 is 9.18 Å². The summed E-state index contributed by atoms with van der Waals surface area (Å²) in [5.41, 5.74) is 0.0866. The van der Waals surface area contributed by atoms with Crippen LogP contribution >= 0.6 is 24.0 Å². The minimum atomic E-state index is -0.561. The van der Waals surface area contributed by atoms with E-state index in [2.05, 4.69) is 5.32 Å². The lowest BCUT2D eigenvalue weighted by molar-refractivity contribution is 0.0704. The highest BCUT2D eigenvalue weighted by atomic mass is 35.5. The Labute approximate surface area is 117 Å². The SMILES string of the molecule is C[C@H]1CN(C(=O)c2ccc(Cl)cc2F)CCN1.Cl. The topological polar surface area (TPSA) is 32.3 Å². The Balaban J connectivity index is 0.00000162. The molecule has 6 heteroatoms. The smallest absolute Gasteiger partial charge is 0.256 e. The van der Waals surface area contributed by atoms with Crippen LogP contribution in [0.1, 0.15) is 17.3 Å². The van der Waals surface area contributed by atoms with Gasteiger partial charge in [-0.2, -0.15) is 0 Å². The first-order valence-corrected chi connectivity index (χ1v) is 5.93. The van der Waals surface area contributed by atoms with Crippen LogP contribution in [-0.2, 0) is 0 Å². The third-order valence-corrected chi connectivity index (χ3v) is 3.05. The van der Waals surface area contributed by atoms with Crippen LogP contribution in [0.3, 0.4) is 0 Å². The molecule has 0 saturated carbocycles. The van der Waals surface area contributed by atoms with E-state index in [4.69, 9.17) is 11.6 Å². The molecule has 1 saturated heterocycles. The van der Waals surface area contributed by atoms with Gasteiger partial charge in [-0.1, -0.05) is 11.6 Å². The molecule has 1 fully saturated rings. The van der Waals surface area contributed by atoms with Gasteiger partial charge in [-0.15, -0.1) is 12.4 Å². The fourth-order valence-electron chi connectivity index (χ4n) is 1.95. The standard InChI is InChI=1S/C12H14ClFN2O.ClH/c1-8-7-16(5-4-15-8)12(17)10-3-2-9(13)6-11(10)14;/h2-3,6,8,15H,4-5,7H2,1H3;1H/t8-;/m0./s1. The van der Waals surface area contributed by atoms with E-state index in [1.54, 1.807) is 4.90 Å². The van der Waals surface area contributed by atoms with Crippen molar-refractivity contribution in [3.8, 4) is 0 Å². The molecule has 1 aromatic rings. The van der Waals surface area contributed by atoms with E-state index in [0.717, 1.165) is 6.54 Å². The summed E-state index contributed by atoms with van der Waals surface area (Å²) in [6.45, 7) is 3.94. The lowest BCUT2D eigenvalue weighted by Gasteiger charge is -2.32. The second-order valence-electron chi connectivity index (χ2n) is 4.23. The van der Waals surface area contributed by atoms with E-state index in [1.807, 2.05) is 6.92 Å². The first kappa shape index (κ1) is 15.2. The quantitative estimate of drug-likeness (QED) is 0.862. The molecule has 1 atom stereocenters. The molecule has 1 aliphatic heterocycles. The molecule has 100 valence electrons. The van der Waals surface area contributed by atoms with Crippen LogP contribution in [0.25, 0.3) is 0 Å². The number of carbonyl (C=O) groups is 1. The van der Waals surface area contributed by atoms with Gasteiger partial charge >= 0.3 is 0 Å². The van der Waals surface area contributed by atoms with E-state index in [0.29, 0.717) is 18.1 Å². The van der Waals surface area contributed by atoms with E-state index in [1.165, 1.54) is 18.2 Å². The largest absolute Gasteiger partial charge is 0.336 e. The number of piperazine rings is 1. The Hall–Kier alpha value is -0.840. The molecule has 0 aliphatic carbocycles. The van der Waals surface area contributed by atoms with Gasteiger partial charge in [0.2, 0.25) is 0 Å². The Morgan fingerprint density at radius 2 is 2.28 bits per heavy atom. The number of nitrogens with one attached hydrogen (secondary N) is 1. The molecule has 0 bridgehead atoms. The molecule has 1 aliphatic rings. The molecule has 1 N–H and O–H groups in total. The summed E-state index contributed by atoms with van der Waals surface area (Å²) in [4.78, 5) is 13.8. The third-order valence-electron chi connectivity index (χ3n) is 2.82. The summed E-state index contributed by atoms with van der Waals surface area (Å²) in [7, 11) is 0. The molecular weight excluding hydrogens is 278 g/mol. The van der Waals surface area contributed by atoms with E-state index >= 15 is 0 Å². The van der Waals surface area contributed by atoms with Crippen molar-refractivity contribution in [1.82, 2.24) is 10.2 Å². The van der Waals surface area contributed by atoms with Gasteiger partial charge in [0.1, 0.15) is 5.82 Å². The van der Waals surface area contributed by atoms with Crippen molar-refractivity contribution in [2.45, 2.75) is 13.0 Å². The number of carbonyl (C=O) groups excluding carboxylic acids is 1. The second kappa shape index (κ2) is 6.36. The number of nitrogens with zero attached hydrogens (tertiary/aromatic N) is 1. The second-order valence-corrected chi connectivity index (χ2v) is 4.67. The van der Waals surface area contributed by atoms with Crippen LogP contribution in [0, 0.1) is 5.82 Å². The normalized spacial score (nSPS) is 19.3. The van der Waals surface area contributed by atoms with Gasteiger partial charge in [-0.3, -0.25) is 4.79 Å². The highest BCUT2D eigenvalue weighted by Gasteiger charge is 2.23. The third kappa shape index (κ3) is 3.34. The maximum absolute atomic E-state index is 13.6. The Morgan fingerprint density at radius 3 is 2.89 bits per heavy atom. The van der Waals surface area contributed by atoms with Crippen LogP contribution in [-0.4, -0.2) is 36.5 Å². The highest BCUT2D eigenvalue weighted by molar-refractivity contribution is 6.30. The molecule has 3 nitrogen and oxygen atoms in total. The molecule has 0 unspecified atom stereocenters. The zero-order valence-corrected chi connectivity index (χ0v) is 11.5. The Bertz CT molecular complexity index is 442. The van der Waals surface area contributed by atoms with Gasteiger partial charge < -0.3 is 10.2 Å². The van der Waals surface area contributed by atoms with Crippen LogP contribution < -0.4 is 5.32 Å². The predicted octanol–water partition coefficient (Wildman–Crippen LogP) is 2.33. The number of benzene rings is 1. The van der Waals surface area contributed by atoms with Crippen molar-refractivity contribution in [2.24, 2.45) is 0 Å². The number of halogens is 3. The minimum Gasteiger partial charge on any atom is -0.336 e. The van der Waals surface area contributed by atoms with Crippen LogP contribution in [0.4, 0.5) is 4.39 Å². The molecule has 0 radical (unpaired) electrons. The van der Waals surface area contributed by atoms with Gasteiger partial charge in [-0.05, 0) is 25.1 Å². The van der Waals surface area contributed by atoms with Gasteiger partial charge in [0.05, 0.1) is 5.56 Å². The van der Waals surface area contributed by atoms with Gasteiger partial charge in [0.25, 0.3) is 5.91 Å². The average molecular weight is 293 g/mol. The average Bonchev–Trinajstić information content (AvgIpc) is 2.28. The molecule has 1 heterocycles. The maximum Gasteiger partial charge on any atom is 0.256 e. The molecule has 1 amide bonds. The number of rotatable bonds is 1. The summed E-state index contributed by atoms with van der Waals surface area (Å²) in [5.74, 6) is -0.832. The van der Waals surface area contributed by atoms with Crippen molar-refractivity contribution in [3.05, 3.63) is 34.6 Å². The molecule has 1 aromatic carbocycles. The first-order chi connectivity index (χ1) is 8.08. The van der Waals surface area contributed by atoms with Crippen LogP contribution in [0.15, 0.2) is 18.2 Å². The van der Waals surface area contributed by atoms with Crippen LogP contribution in [0.5, 0.6) is 0 Å². The lowest BCUT2D eigenvalue weighted by Crippen LogP contribution is -2.51. The van der Waals surface area contributed by atoms with E-state index < -0.39 is 5.82 Å². The molecule has 0 aromatic heterocycles. The summed E-state index contributed by atoms with van der Waals surface area (Å²) in [5, 5.41) is 3.53. The Kier molecular flexibility index (Phi) is 5.38. The fourth-order valence-corrected chi connectivity index (χ4v) is 2.11. The highest BCUT2D eigenvalue weighted by Crippen LogP contribution is 2.17. The summed E-state index contributed by atoms with van der Waals surface area (Å²) < 4.78 is 13.6. The fraction of sp³-hybridized carbons (Fsp3) is 0.417. The van der Waals surface area contributed by atoms with Gasteiger partial charge in [-0.25, -0.2) is 4.39 Å². The zero-order valence-electron chi connectivity index (χ0n) is 9.95. The van der Waals surface area contributed by atoms with Crippen molar-refractivity contribution >= 4 is 29.9 Å². The van der Waals surface area contributed by atoms with Crippen molar-refractivity contribution in [1.29, 1.82) is 0 Å². The summed E-state index contributed by atoms with van der Waals surface area (Å²) >= 11 is 5.66. The zero-order chi connectivity index (χ0) is 12.4. The van der Waals surface area contributed by atoms with Gasteiger partial charge in [0.15, 0.2) is 0 Å². The number of hydrogen-bond donors (Lipinski definition) is 1. The first-order valence-electron chi connectivity index (χ1n) is 5.55. The Morgan fingerprint density at radius 1 is 1.56 bits per heavy atom. The summed E-state index contributed by atoms with van der Waals surface area (Å²) in [6.07, 6.45) is 0. The van der Waals surface area contributed by atoms with Crippen LogP contribution in [0.2, 0.25) is 5.02 Å². The molecule has 18 heavy (non-hydrogen) atoms. The summed E-state index contributed by atoms with van der Waals surface area (Å²) in [6, 6.07) is 4.37. The number of hydrogen-bond acceptors (Lipinski definition) is 2. The number of amides is 1. The monoisotopic (exact) mass is 292 g/mol. The lowest BCUT2D eigenvalue weighted by atomic mass is 10.1. The maximum atomic E-state index is 13.6.